The summed E-state index contributed by atoms with van der Waals surface area (Å²) in [5, 5.41) is 0. The maximum absolute atomic E-state index is 13.7. The molecule has 0 aliphatic rings. The zero-order chi connectivity index (χ0) is 18.0. The first-order valence-corrected chi connectivity index (χ1v) is 8.95. The molecule has 0 aliphatic heterocycles. The number of carbonyl (C=O) groups excluding carboxylic acids is 1. The number of aromatic nitrogens is 2. The van der Waals surface area contributed by atoms with Crippen LogP contribution in [0.1, 0.15) is 21.6 Å². The molecule has 2 aromatic heterocycles. The van der Waals surface area contributed by atoms with Gasteiger partial charge in [0.05, 0.1) is 4.90 Å². The fraction of sp³-hybridized carbons (Fsp3) is 0.111. The van der Waals surface area contributed by atoms with Gasteiger partial charge in [-0.15, -0.1) is 0 Å². The first-order valence-electron chi connectivity index (χ1n) is 7.51. The van der Waals surface area contributed by atoms with Crippen LogP contribution in [-0.4, -0.2) is 23.2 Å². The Bertz CT molecular complexity index is 1030. The molecule has 1 aromatic carbocycles. The summed E-state index contributed by atoms with van der Waals surface area (Å²) in [5.41, 5.74) is 1.22. The molecule has 0 spiro atoms. The largest absolute Gasteiger partial charge is 0.292 e. The maximum Gasteiger partial charge on any atom is 0.267 e. The number of hydrogen-bond donors (Lipinski definition) is 0. The molecule has 0 bridgehead atoms. The van der Waals surface area contributed by atoms with Gasteiger partial charge in [-0.05, 0) is 48.4 Å². The van der Waals surface area contributed by atoms with E-state index in [1.54, 1.807) is 31.2 Å². The third-order valence-corrected chi connectivity index (χ3v) is 5.39. The maximum atomic E-state index is 13.7. The zero-order valence-electron chi connectivity index (χ0n) is 13.4. The van der Waals surface area contributed by atoms with E-state index in [1.165, 1.54) is 30.7 Å². The molecule has 0 fully saturated rings. The summed E-state index contributed by atoms with van der Waals surface area (Å²) in [7, 11) is -3.91. The lowest BCUT2D eigenvalue weighted by Crippen LogP contribution is -2.11. The SMILES string of the molecule is Cc1ccc(S(=O)(=O)n2ccc(CC(=O)c3ccccn3)c2)cc1F. The first kappa shape index (κ1) is 17.0. The summed E-state index contributed by atoms with van der Waals surface area (Å²) < 4.78 is 39.8. The zero-order valence-corrected chi connectivity index (χ0v) is 14.2. The van der Waals surface area contributed by atoms with Crippen LogP contribution < -0.4 is 0 Å². The Morgan fingerprint density at radius 3 is 2.68 bits per heavy atom. The molecule has 0 saturated carbocycles. The first-order chi connectivity index (χ1) is 11.9. The second kappa shape index (κ2) is 6.60. The van der Waals surface area contributed by atoms with E-state index in [2.05, 4.69) is 4.98 Å². The van der Waals surface area contributed by atoms with E-state index in [9.17, 15) is 17.6 Å². The molecule has 0 atom stereocenters. The Morgan fingerprint density at radius 2 is 2.00 bits per heavy atom. The number of aryl methyl sites for hydroxylation is 1. The van der Waals surface area contributed by atoms with Crippen LogP contribution in [0.4, 0.5) is 4.39 Å². The minimum Gasteiger partial charge on any atom is -0.292 e. The van der Waals surface area contributed by atoms with E-state index >= 15 is 0 Å². The van der Waals surface area contributed by atoms with E-state index < -0.39 is 15.8 Å². The number of nitrogens with zero attached hydrogens (tertiary/aromatic N) is 2. The second-order valence-corrected chi connectivity index (χ2v) is 7.42. The monoisotopic (exact) mass is 358 g/mol. The van der Waals surface area contributed by atoms with Crippen molar-refractivity contribution in [3.8, 4) is 0 Å². The fourth-order valence-electron chi connectivity index (χ4n) is 2.33. The minimum absolute atomic E-state index is 0.0296. The van der Waals surface area contributed by atoms with Crippen molar-refractivity contribution < 1.29 is 17.6 Å². The Labute approximate surface area is 144 Å². The van der Waals surface area contributed by atoms with Gasteiger partial charge in [-0.2, -0.15) is 0 Å². The number of carbonyl (C=O) groups is 1. The molecule has 0 radical (unpaired) electrons. The van der Waals surface area contributed by atoms with Crippen LogP contribution in [0.5, 0.6) is 0 Å². The number of benzene rings is 1. The van der Waals surface area contributed by atoms with Crippen molar-refractivity contribution in [2.45, 2.75) is 18.2 Å². The van der Waals surface area contributed by atoms with Crippen molar-refractivity contribution >= 4 is 15.8 Å². The quantitative estimate of drug-likeness (QED) is 0.658. The molecule has 2 heterocycles. The average molecular weight is 358 g/mol. The van der Waals surface area contributed by atoms with Crippen molar-refractivity contribution in [1.29, 1.82) is 0 Å². The van der Waals surface area contributed by atoms with Crippen molar-refractivity contribution in [3.63, 3.8) is 0 Å². The van der Waals surface area contributed by atoms with Crippen molar-refractivity contribution in [2.75, 3.05) is 0 Å². The number of hydrogen-bond acceptors (Lipinski definition) is 4. The number of Topliss-reactive ketones (excluding diaryl/α,β-unsaturated/α-hetero) is 1. The fourth-order valence-corrected chi connectivity index (χ4v) is 3.56. The number of pyridine rings is 1. The normalized spacial score (nSPS) is 11.4. The lowest BCUT2D eigenvalue weighted by atomic mass is 10.1. The third-order valence-electron chi connectivity index (χ3n) is 3.76. The van der Waals surface area contributed by atoms with Gasteiger partial charge in [-0.25, -0.2) is 16.8 Å². The van der Waals surface area contributed by atoms with E-state index in [4.69, 9.17) is 0 Å². The Hall–Kier alpha value is -2.80. The van der Waals surface area contributed by atoms with Gasteiger partial charge in [0.2, 0.25) is 0 Å². The smallest absolute Gasteiger partial charge is 0.267 e. The molecule has 5 nitrogen and oxygen atoms in total. The number of halogens is 1. The molecule has 3 aromatic rings. The van der Waals surface area contributed by atoms with Gasteiger partial charge in [0, 0.05) is 25.0 Å². The highest BCUT2D eigenvalue weighted by atomic mass is 32.2. The lowest BCUT2D eigenvalue weighted by Gasteiger charge is -2.06. The highest BCUT2D eigenvalue weighted by molar-refractivity contribution is 7.90. The van der Waals surface area contributed by atoms with Gasteiger partial charge in [-0.3, -0.25) is 9.78 Å². The molecule has 0 aliphatic carbocycles. The van der Waals surface area contributed by atoms with Gasteiger partial charge < -0.3 is 0 Å². The summed E-state index contributed by atoms with van der Waals surface area (Å²) >= 11 is 0. The molecule has 7 heteroatoms. The van der Waals surface area contributed by atoms with Crippen LogP contribution in [0.15, 0.2) is 66.0 Å². The molecular weight excluding hydrogens is 343 g/mol. The Kier molecular flexibility index (Phi) is 4.50. The van der Waals surface area contributed by atoms with Crippen LogP contribution in [-0.2, 0) is 16.4 Å². The predicted octanol–water partition coefficient (Wildman–Crippen LogP) is 2.99. The molecule has 128 valence electrons. The van der Waals surface area contributed by atoms with Crippen molar-refractivity contribution in [2.24, 2.45) is 0 Å². The summed E-state index contributed by atoms with van der Waals surface area (Å²) in [6.45, 7) is 1.56. The average Bonchev–Trinajstić information content (AvgIpc) is 3.07. The van der Waals surface area contributed by atoms with Gasteiger partial charge in [0.15, 0.2) is 5.78 Å². The molecule has 0 unspecified atom stereocenters. The summed E-state index contributed by atoms with van der Waals surface area (Å²) in [5.74, 6) is -0.795. The van der Waals surface area contributed by atoms with E-state index in [-0.39, 0.29) is 17.1 Å². The summed E-state index contributed by atoms with van der Waals surface area (Å²) in [6.07, 6.45) is 4.25. The van der Waals surface area contributed by atoms with Crippen LogP contribution in [0, 0.1) is 12.7 Å². The Balaban J connectivity index is 1.85. The molecule has 0 N–H and O–H groups in total. The summed E-state index contributed by atoms with van der Waals surface area (Å²) in [4.78, 5) is 16.0. The van der Waals surface area contributed by atoms with Crippen LogP contribution >= 0.6 is 0 Å². The minimum atomic E-state index is -3.91. The molecular formula is C18H15FN2O3S. The lowest BCUT2D eigenvalue weighted by molar-refractivity contribution is 0.0988. The standard InChI is InChI=1S/C18H15FN2O3S/c1-13-5-6-15(11-16(13)19)25(23,24)21-9-7-14(12-21)10-18(22)17-4-2-3-8-20-17/h2-9,11-12H,10H2,1H3. The highest BCUT2D eigenvalue weighted by Gasteiger charge is 2.19. The second-order valence-electron chi connectivity index (χ2n) is 5.58. The van der Waals surface area contributed by atoms with E-state index in [0.29, 0.717) is 16.8 Å². The van der Waals surface area contributed by atoms with Crippen molar-refractivity contribution in [3.05, 3.63) is 83.7 Å². The number of ketones is 1. The van der Waals surface area contributed by atoms with Gasteiger partial charge >= 0.3 is 0 Å². The molecule has 0 amide bonds. The van der Waals surface area contributed by atoms with Crippen LogP contribution in [0.3, 0.4) is 0 Å². The van der Waals surface area contributed by atoms with E-state index in [0.717, 1.165) is 10.0 Å². The molecule has 25 heavy (non-hydrogen) atoms. The summed E-state index contributed by atoms with van der Waals surface area (Å²) in [6, 6.07) is 10.3. The van der Waals surface area contributed by atoms with E-state index in [1.807, 2.05) is 0 Å². The molecule has 3 rings (SSSR count). The van der Waals surface area contributed by atoms with Gasteiger partial charge in [-0.1, -0.05) is 12.1 Å². The Morgan fingerprint density at radius 1 is 1.20 bits per heavy atom. The van der Waals surface area contributed by atoms with Crippen LogP contribution in [0.25, 0.3) is 0 Å². The topological polar surface area (TPSA) is 69.0 Å². The van der Waals surface area contributed by atoms with Crippen molar-refractivity contribution in [1.82, 2.24) is 8.96 Å². The molecule has 0 saturated heterocycles. The predicted molar refractivity (Wildman–Crippen MR) is 90.4 cm³/mol. The van der Waals surface area contributed by atoms with Gasteiger partial charge in [0.25, 0.3) is 10.0 Å². The van der Waals surface area contributed by atoms with Crippen LogP contribution in [0.2, 0.25) is 0 Å². The van der Waals surface area contributed by atoms with Gasteiger partial charge in [0.1, 0.15) is 11.5 Å². The number of rotatable bonds is 5. The highest BCUT2D eigenvalue weighted by Crippen LogP contribution is 2.19. The third kappa shape index (κ3) is 3.51.